The molecule has 108 valence electrons. The molecular formula is C15H12BrNO4. The van der Waals surface area contributed by atoms with Crippen LogP contribution in [0.25, 0.3) is 10.8 Å². The molecule has 2 amide bonds. The minimum Gasteiger partial charge on any atom is -0.394 e. The van der Waals surface area contributed by atoms with E-state index in [9.17, 15) is 14.7 Å². The minimum absolute atomic E-state index is 0.222. The summed E-state index contributed by atoms with van der Waals surface area (Å²) in [6.07, 6.45) is -1.14. The lowest BCUT2D eigenvalue weighted by molar-refractivity contribution is 0.0391. The maximum absolute atomic E-state index is 12.5. The summed E-state index contributed by atoms with van der Waals surface area (Å²) in [4.78, 5) is 25.9. The van der Waals surface area contributed by atoms with E-state index in [1.165, 1.54) is 0 Å². The predicted octanol–water partition coefficient (Wildman–Crippen LogP) is 1.55. The van der Waals surface area contributed by atoms with Gasteiger partial charge < -0.3 is 10.2 Å². The van der Waals surface area contributed by atoms with Crippen molar-refractivity contribution >= 4 is 38.5 Å². The third kappa shape index (κ3) is 2.16. The standard InChI is InChI=1S/C15H12BrNO4/c16-12-5-4-11-13-9(12)2-1-3-10(13)14(20)17(15(11)21)6-8(19)7-18/h1-5,8,18-19H,6-7H2/t8-/m1/s1. The smallest absolute Gasteiger partial charge is 0.261 e. The average Bonchev–Trinajstić information content (AvgIpc) is 2.50. The molecule has 1 atom stereocenters. The highest BCUT2D eigenvalue weighted by molar-refractivity contribution is 9.10. The zero-order valence-electron chi connectivity index (χ0n) is 10.9. The van der Waals surface area contributed by atoms with Gasteiger partial charge in [-0.2, -0.15) is 0 Å². The first-order chi connectivity index (χ1) is 10.0. The second-order valence-corrected chi connectivity index (χ2v) is 5.73. The molecule has 21 heavy (non-hydrogen) atoms. The van der Waals surface area contributed by atoms with Crippen LogP contribution in [0.2, 0.25) is 0 Å². The number of carbonyl (C=O) groups is 2. The Balaban J connectivity index is 2.20. The fourth-order valence-electron chi connectivity index (χ4n) is 2.54. The molecule has 2 aromatic rings. The number of rotatable bonds is 3. The summed E-state index contributed by atoms with van der Waals surface area (Å²) in [7, 11) is 0. The second-order valence-electron chi connectivity index (χ2n) is 4.88. The summed E-state index contributed by atoms with van der Waals surface area (Å²) in [5.74, 6) is -0.910. The molecule has 3 rings (SSSR count). The first-order valence-corrected chi connectivity index (χ1v) is 7.20. The van der Waals surface area contributed by atoms with Crippen LogP contribution in [-0.4, -0.2) is 46.2 Å². The van der Waals surface area contributed by atoms with Crippen molar-refractivity contribution in [1.29, 1.82) is 0 Å². The highest BCUT2D eigenvalue weighted by Crippen LogP contribution is 2.34. The fourth-order valence-corrected chi connectivity index (χ4v) is 3.01. The Kier molecular flexibility index (Phi) is 3.52. The van der Waals surface area contributed by atoms with E-state index in [2.05, 4.69) is 15.9 Å². The van der Waals surface area contributed by atoms with Gasteiger partial charge in [-0.1, -0.05) is 28.1 Å². The van der Waals surface area contributed by atoms with Gasteiger partial charge in [-0.15, -0.1) is 0 Å². The summed E-state index contributed by atoms with van der Waals surface area (Å²) in [6, 6.07) is 8.66. The molecule has 0 radical (unpaired) electrons. The lowest BCUT2D eigenvalue weighted by Crippen LogP contribution is -2.45. The molecule has 0 fully saturated rings. The average molecular weight is 350 g/mol. The van der Waals surface area contributed by atoms with Gasteiger partial charge in [0.25, 0.3) is 11.8 Å². The highest BCUT2D eigenvalue weighted by Gasteiger charge is 2.34. The molecule has 1 aliphatic heterocycles. The first kappa shape index (κ1) is 14.2. The van der Waals surface area contributed by atoms with Crippen molar-refractivity contribution in [3.63, 3.8) is 0 Å². The van der Waals surface area contributed by atoms with Crippen LogP contribution in [0.15, 0.2) is 34.8 Å². The van der Waals surface area contributed by atoms with Crippen molar-refractivity contribution in [3.05, 3.63) is 45.9 Å². The second kappa shape index (κ2) is 5.22. The molecule has 5 nitrogen and oxygen atoms in total. The van der Waals surface area contributed by atoms with Gasteiger partial charge >= 0.3 is 0 Å². The van der Waals surface area contributed by atoms with E-state index in [-0.39, 0.29) is 6.54 Å². The molecule has 0 aromatic heterocycles. The van der Waals surface area contributed by atoms with Crippen LogP contribution in [-0.2, 0) is 0 Å². The van der Waals surface area contributed by atoms with E-state index in [4.69, 9.17) is 5.11 Å². The molecule has 0 unspecified atom stereocenters. The molecule has 0 bridgehead atoms. The van der Waals surface area contributed by atoms with Gasteiger partial charge in [-0.3, -0.25) is 14.5 Å². The van der Waals surface area contributed by atoms with Crippen molar-refractivity contribution in [2.75, 3.05) is 13.2 Å². The topological polar surface area (TPSA) is 77.8 Å². The Labute approximate surface area is 128 Å². The Morgan fingerprint density at radius 1 is 1.10 bits per heavy atom. The normalized spacial score (nSPS) is 15.7. The number of aliphatic hydroxyl groups is 2. The zero-order valence-corrected chi connectivity index (χ0v) is 12.5. The molecule has 0 spiro atoms. The van der Waals surface area contributed by atoms with E-state index in [0.717, 1.165) is 14.8 Å². The summed E-state index contributed by atoms with van der Waals surface area (Å²) in [6.45, 7) is -0.728. The number of halogens is 1. The minimum atomic E-state index is -1.14. The molecule has 0 saturated heterocycles. The molecule has 1 aliphatic rings. The number of hydrogen-bond acceptors (Lipinski definition) is 4. The van der Waals surface area contributed by atoms with E-state index in [1.54, 1.807) is 24.3 Å². The summed E-state index contributed by atoms with van der Waals surface area (Å²) < 4.78 is 0.813. The predicted molar refractivity (Wildman–Crippen MR) is 80.1 cm³/mol. The van der Waals surface area contributed by atoms with Crippen molar-refractivity contribution in [1.82, 2.24) is 4.90 Å². The number of hydrogen-bond donors (Lipinski definition) is 2. The van der Waals surface area contributed by atoms with Gasteiger partial charge in [0.2, 0.25) is 0 Å². The molecular weight excluding hydrogens is 338 g/mol. The maximum Gasteiger partial charge on any atom is 0.261 e. The Hall–Kier alpha value is -1.76. The number of benzene rings is 2. The largest absolute Gasteiger partial charge is 0.394 e. The number of imide groups is 1. The quantitative estimate of drug-likeness (QED) is 0.824. The summed E-state index contributed by atoms with van der Waals surface area (Å²) >= 11 is 3.42. The first-order valence-electron chi connectivity index (χ1n) is 6.41. The summed E-state index contributed by atoms with van der Waals surface area (Å²) in [5.41, 5.74) is 0.849. The van der Waals surface area contributed by atoms with Gasteiger partial charge in [-0.05, 0) is 23.6 Å². The third-order valence-electron chi connectivity index (χ3n) is 3.54. The molecule has 0 aliphatic carbocycles. The number of carbonyl (C=O) groups excluding carboxylic acids is 2. The van der Waals surface area contributed by atoms with Gasteiger partial charge in [0, 0.05) is 21.0 Å². The molecule has 0 saturated carbocycles. The fraction of sp³-hybridized carbons (Fsp3) is 0.200. The number of nitrogens with zero attached hydrogens (tertiary/aromatic N) is 1. The molecule has 1 heterocycles. The van der Waals surface area contributed by atoms with Crippen LogP contribution in [0.1, 0.15) is 20.7 Å². The Morgan fingerprint density at radius 3 is 2.43 bits per heavy atom. The lowest BCUT2D eigenvalue weighted by Gasteiger charge is -2.28. The number of aliphatic hydroxyl groups excluding tert-OH is 2. The van der Waals surface area contributed by atoms with Crippen molar-refractivity contribution in [2.24, 2.45) is 0 Å². The third-order valence-corrected chi connectivity index (χ3v) is 4.23. The Bertz CT molecular complexity index is 736. The van der Waals surface area contributed by atoms with E-state index < -0.39 is 24.5 Å². The van der Waals surface area contributed by atoms with Gasteiger partial charge in [0.05, 0.1) is 19.3 Å². The van der Waals surface area contributed by atoms with Crippen LogP contribution >= 0.6 is 15.9 Å². The van der Waals surface area contributed by atoms with E-state index in [0.29, 0.717) is 16.5 Å². The lowest BCUT2D eigenvalue weighted by atomic mass is 9.94. The van der Waals surface area contributed by atoms with Crippen molar-refractivity contribution in [2.45, 2.75) is 6.10 Å². The zero-order chi connectivity index (χ0) is 15.1. The van der Waals surface area contributed by atoms with E-state index >= 15 is 0 Å². The molecule has 6 heteroatoms. The van der Waals surface area contributed by atoms with Crippen LogP contribution in [0, 0.1) is 0 Å². The molecule has 2 N–H and O–H groups in total. The highest BCUT2D eigenvalue weighted by atomic mass is 79.9. The molecule has 2 aromatic carbocycles. The van der Waals surface area contributed by atoms with Crippen LogP contribution < -0.4 is 0 Å². The SMILES string of the molecule is O=C1c2cccc3c(Br)ccc(c23)C(=O)N1C[C@@H](O)CO. The van der Waals surface area contributed by atoms with Crippen molar-refractivity contribution < 1.29 is 19.8 Å². The van der Waals surface area contributed by atoms with Crippen LogP contribution in [0.4, 0.5) is 0 Å². The number of β-amino-alcohol motifs (C(OH)–C–C–N with tert-alkyl or cyclic N) is 1. The monoisotopic (exact) mass is 349 g/mol. The maximum atomic E-state index is 12.5. The van der Waals surface area contributed by atoms with Crippen LogP contribution in [0.5, 0.6) is 0 Å². The van der Waals surface area contributed by atoms with Crippen LogP contribution in [0.3, 0.4) is 0 Å². The van der Waals surface area contributed by atoms with Gasteiger partial charge in [-0.25, -0.2) is 0 Å². The Morgan fingerprint density at radius 2 is 1.76 bits per heavy atom. The number of amides is 2. The van der Waals surface area contributed by atoms with Crippen molar-refractivity contribution in [3.8, 4) is 0 Å². The van der Waals surface area contributed by atoms with Gasteiger partial charge in [0.1, 0.15) is 0 Å². The van der Waals surface area contributed by atoms with E-state index in [1.807, 2.05) is 6.07 Å². The van der Waals surface area contributed by atoms with Gasteiger partial charge in [0.15, 0.2) is 0 Å². The summed E-state index contributed by atoms with van der Waals surface area (Å²) in [5, 5.41) is 19.9.